The highest BCUT2D eigenvalue weighted by Crippen LogP contribution is 2.34. The van der Waals surface area contributed by atoms with Gasteiger partial charge in [-0.25, -0.2) is 15.0 Å². The lowest BCUT2D eigenvalue weighted by Crippen LogP contribution is -2.03. The molecular formula is C13H9F3N4S. The predicted molar refractivity (Wildman–Crippen MR) is 74.0 cm³/mol. The molecule has 4 nitrogen and oxygen atoms in total. The molecule has 21 heavy (non-hydrogen) atoms. The van der Waals surface area contributed by atoms with Gasteiger partial charge in [0.05, 0.1) is 15.8 Å². The van der Waals surface area contributed by atoms with Gasteiger partial charge in [-0.2, -0.15) is 13.2 Å². The summed E-state index contributed by atoms with van der Waals surface area (Å²) in [6, 6.07) is 3.53. The third-order valence-corrected chi connectivity index (χ3v) is 3.75. The Hall–Kier alpha value is -2.22. The average molecular weight is 310 g/mol. The minimum Gasteiger partial charge on any atom is -0.357 e. The number of halogens is 3. The number of thiazole rings is 1. The van der Waals surface area contributed by atoms with Crippen molar-refractivity contribution in [1.29, 1.82) is 0 Å². The molecule has 8 heteroatoms. The third kappa shape index (κ3) is 3.10. The van der Waals surface area contributed by atoms with Gasteiger partial charge in [0.15, 0.2) is 5.13 Å². The zero-order chi connectivity index (χ0) is 14.9. The SMILES string of the molecule is FC(F)(F)c1ccc2nc(NCc3cncnc3)sc2c1. The molecule has 0 unspecified atom stereocenters. The van der Waals surface area contributed by atoms with Crippen molar-refractivity contribution in [3.8, 4) is 0 Å². The first-order valence-electron chi connectivity index (χ1n) is 5.98. The van der Waals surface area contributed by atoms with Crippen molar-refractivity contribution in [2.24, 2.45) is 0 Å². The molecule has 1 aromatic carbocycles. The Morgan fingerprint density at radius 3 is 2.62 bits per heavy atom. The first-order chi connectivity index (χ1) is 10.0. The van der Waals surface area contributed by atoms with Gasteiger partial charge in [-0.05, 0) is 18.2 Å². The maximum absolute atomic E-state index is 12.6. The van der Waals surface area contributed by atoms with E-state index in [1.54, 1.807) is 12.4 Å². The fraction of sp³-hybridized carbons (Fsp3) is 0.154. The second kappa shape index (κ2) is 5.28. The number of hydrogen-bond donors (Lipinski definition) is 1. The Morgan fingerprint density at radius 2 is 1.90 bits per heavy atom. The van der Waals surface area contributed by atoms with Crippen LogP contribution in [0.5, 0.6) is 0 Å². The molecule has 0 saturated carbocycles. The Balaban J connectivity index is 1.81. The van der Waals surface area contributed by atoms with Crippen molar-refractivity contribution in [3.05, 3.63) is 48.0 Å². The van der Waals surface area contributed by atoms with Crippen LogP contribution in [-0.2, 0) is 12.7 Å². The van der Waals surface area contributed by atoms with Gasteiger partial charge >= 0.3 is 6.18 Å². The molecule has 1 N–H and O–H groups in total. The lowest BCUT2D eigenvalue weighted by atomic mass is 10.2. The Bertz CT molecular complexity index is 755. The van der Waals surface area contributed by atoms with Crippen LogP contribution in [0.4, 0.5) is 18.3 Å². The van der Waals surface area contributed by atoms with E-state index in [-0.39, 0.29) is 0 Å². The number of alkyl halides is 3. The highest BCUT2D eigenvalue weighted by Gasteiger charge is 2.30. The molecular weight excluding hydrogens is 301 g/mol. The highest BCUT2D eigenvalue weighted by atomic mass is 32.1. The van der Waals surface area contributed by atoms with Gasteiger partial charge in [0, 0.05) is 24.5 Å². The number of hydrogen-bond acceptors (Lipinski definition) is 5. The molecule has 0 saturated heterocycles. The fourth-order valence-corrected chi connectivity index (χ4v) is 2.68. The molecule has 3 aromatic rings. The van der Waals surface area contributed by atoms with E-state index in [9.17, 15) is 13.2 Å². The van der Waals surface area contributed by atoms with Gasteiger partial charge in [-0.15, -0.1) is 0 Å². The van der Waals surface area contributed by atoms with Gasteiger partial charge in [-0.1, -0.05) is 11.3 Å². The summed E-state index contributed by atoms with van der Waals surface area (Å²) < 4.78 is 38.4. The molecule has 0 spiro atoms. The summed E-state index contributed by atoms with van der Waals surface area (Å²) in [6.45, 7) is 0.465. The molecule has 0 aliphatic carbocycles. The van der Waals surface area contributed by atoms with Gasteiger partial charge in [0.2, 0.25) is 0 Å². The summed E-state index contributed by atoms with van der Waals surface area (Å²) >= 11 is 1.18. The van der Waals surface area contributed by atoms with Crippen molar-refractivity contribution in [3.63, 3.8) is 0 Å². The van der Waals surface area contributed by atoms with Crippen LogP contribution >= 0.6 is 11.3 Å². The molecule has 0 radical (unpaired) electrons. The van der Waals surface area contributed by atoms with Crippen molar-refractivity contribution < 1.29 is 13.2 Å². The molecule has 0 bridgehead atoms. The summed E-state index contributed by atoms with van der Waals surface area (Å²) in [5, 5.41) is 3.62. The van der Waals surface area contributed by atoms with Crippen molar-refractivity contribution >= 4 is 26.7 Å². The second-order valence-corrected chi connectivity index (χ2v) is 5.33. The van der Waals surface area contributed by atoms with Crippen LogP contribution in [0.2, 0.25) is 0 Å². The van der Waals surface area contributed by atoms with E-state index in [1.165, 1.54) is 23.7 Å². The second-order valence-electron chi connectivity index (χ2n) is 4.30. The maximum atomic E-state index is 12.6. The number of nitrogens with one attached hydrogen (secondary N) is 1. The number of fused-ring (bicyclic) bond motifs is 1. The molecule has 0 aliphatic rings. The van der Waals surface area contributed by atoms with E-state index >= 15 is 0 Å². The summed E-state index contributed by atoms with van der Waals surface area (Å²) in [7, 11) is 0. The Labute approximate surface area is 121 Å². The molecule has 2 aromatic heterocycles. The van der Waals surface area contributed by atoms with E-state index in [0.29, 0.717) is 21.9 Å². The number of benzene rings is 1. The molecule has 0 atom stereocenters. The highest BCUT2D eigenvalue weighted by molar-refractivity contribution is 7.22. The van der Waals surface area contributed by atoms with Gasteiger partial charge in [0.25, 0.3) is 0 Å². The standard InChI is InChI=1S/C13H9F3N4S/c14-13(15,16)9-1-2-10-11(3-9)21-12(20-10)19-6-8-4-17-7-18-5-8/h1-5,7H,6H2,(H,19,20). The number of aromatic nitrogens is 3. The lowest BCUT2D eigenvalue weighted by Gasteiger charge is -2.04. The maximum Gasteiger partial charge on any atom is 0.416 e. The van der Waals surface area contributed by atoms with Gasteiger partial charge < -0.3 is 5.32 Å². The van der Waals surface area contributed by atoms with E-state index in [0.717, 1.165) is 17.7 Å². The summed E-state index contributed by atoms with van der Waals surface area (Å²) in [5.41, 5.74) is 0.745. The number of anilines is 1. The third-order valence-electron chi connectivity index (χ3n) is 2.77. The zero-order valence-corrected chi connectivity index (χ0v) is 11.4. The van der Waals surface area contributed by atoms with Crippen LogP contribution < -0.4 is 5.32 Å². The van der Waals surface area contributed by atoms with Gasteiger partial charge in [-0.3, -0.25) is 0 Å². The molecule has 0 fully saturated rings. The predicted octanol–water partition coefficient (Wildman–Crippen LogP) is 3.72. The largest absolute Gasteiger partial charge is 0.416 e. The van der Waals surface area contributed by atoms with Crippen LogP contribution in [0.25, 0.3) is 10.2 Å². The average Bonchev–Trinajstić information content (AvgIpc) is 2.87. The fourth-order valence-electron chi connectivity index (χ4n) is 1.78. The van der Waals surface area contributed by atoms with Crippen molar-refractivity contribution in [2.75, 3.05) is 5.32 Å². The molecule has 108 valence electrons. The smallest absolute Gasteiger partial charge is 0.357 e. The Kier molecular flexibility index (Phi) is 3.46. The van der Waals surface area contributed by atoms with Crippen molar-refractivity contribution in [2.45, 2.75) is 12.7 Å². The topological polar surface area (TPSA) is 50.7 Å². The quantitative estimate of drug-likeness (QED) is 0.801. The van der Waals surface area contributed by atoms with E-state index < -0.39 is 11.7 Å². The first-order valence-corrected chi connectivity index (χ1v) is 6.79. The minimum absolute atomic E-state index is 0.465. The number of rotatable bonds is 3. The van der Waals surface area contributed by atoms with Gasteiger partial charge in [0.1, 0.15) is 6.33 Å². The van der Waals surface area contributed by atoms with Crippen LogP contribution in [-0.4, -0.2) is 15.0 Å². The molecule has 0 amide bonds. The summed E-state index contributed by atoms with van der Waals surface area (Å²) in [5.74, 6) is 0. The van der Waals surface area contributed by atoms with Crippen molar-refractivity contribution in [1.82, 2.24) is 15.0 Å². The summed E-state index contributed by atoms with van der Waals surface area (Å²) in [6.07, 6.45) is 0.414. The van der Waals surface area contributed by atoms with E-state index in [4.69, 9.17) is 0 Å². The van der Waals surface area contributed by atoms with Crippen LogP contribution in [0.15, 0.2) is 36.9 Å². The Morgan fingerprint density at radius 1 is 1.14 bits per heavy atom. The normalized spacial score (nSPS) is 11.8. The summed E-state index contributed by atoms with van der Waals surface area (Å²) in [4.78, 5) is 12.0. The monoisotopic (exact) mass is 310 g/mol. The minimum atomic E-state index is -4.34. The molecule has 2 heterocycles. The zero-order valence-electron chi connectivity index (χ0n) is 10.6. The lowest BCUT2D eigenvalue weighted by molar-refractivity contribution is -0.137. The van der Waals surface area contributed by atoms with E-state index in [1.807, 2.05) is 0 Å². The van der Waals surface area contributed by atoms with Crippen LogP contribution in [0, 0.1) is 0 Å². The first kappa shape index (κ1) is 13.7. The van der Waals surface area contributed by atoms with Crippen LogP contribution in [0.1, 0.15) is 11.1 Å². The number of nitrogens with zero attached hydrogens (tertiary/aromatic N) is 3. The van der Waals surface area contributed by atoms with Crippen LogP contribution in [0.3, 0.4) is 0 Å². The molecule has 3 rings (SSSR count). The molecule has 0 aliphatic heterocycles. The van der Waals surface area contributed by atoms with E-state index in [2.05, 4.69) is 20.3 Å².